The van der Waals surface area contributed by atoms with Gasteiger partial charge in [-0.05, 0) is 44.7 Å². The molecular formula is C14H28N2. The van der Waals surface area contributed by atoms with E-state index in [-0.39, 0.29) is 5.54 Å². The highest BCUT2D eigenvalue weighted by Crippen LogP contribution is 2.29. The molecule has 0 unspecified atom stereocenters. The topological polar surface area (TPSA) is 38.0 Å². The molecule has 0 aliphatic heterocycles. The summed E-state index contributed by atoms with van der Waals surface area (Å²) in [5.74, 6) is 1.04. The van der Waals surface area contributed by atoms with E-state index < -0.39 is 0 Å². The molecule has 2 aliphatic carbocycles. The highest BCUT2D eigenvalue weighted by atomic mass is 14.9. The molecule has 2 saturated carbocycles. The van der Waals surface area contributed by atoms with E-state index in [0.717, 1.165) is 12.5 Å². The Balaban J connectivity index is 1.49. The highest BCUT2D eigenvalue weighted by Gasteiger charge is 2.26. The molecule has 3 N–H and O–H groups in total. The second-order valence-electron chi connectivity index (χ2n) is 6.01. The average Bonchev–Trinajstić information content (AvgIpc) is 2.21. The molecule has 0 aromatic carbocycles. The van der Waals surface area contributed by atoms with Crippen LogP contribution >= 0.6 is 0 Å². The van der Waals surface area contributed by atoms with Crippen molar-refractivity contribution in [1.82, 2.24) is 5.32 Å². The summed E-state index contributed by atoms with van der Waals surface area (Å²) in [7, 11) is 0. The van der Waals surface area contributed by atoms with Gasteiger partial charge in [-0.15, -0.1) is 0 Å². The van der Waals surface area contributed by atoms with E-state index in [1.54, 1.807) is 0 Å². The van der Waals surface area contributed by atoms with Gasteiger partial charge in [0.1, 0.15) is 0 Å². The second-order valence-corrected chi connectivity index (χ2v) is 6.01. The lowest BCUT2D eigenvalue weighted by Gasteiger charge is -2.33. The first kappa shape index (κ1) is 12.4. The lowest BCUT2D eigenvalue weighted by Crippen LogP contribution is -2.44. The van der Waals surface area contributed by atoms with Gasteiger partial charge in [0.05, 0.1) is 0 Å². The van der Waals surface area contributed by atoms with Gasteiger partial charge in [-0.1, -0.05) is 38.5 Å². The molecule has 0 atom stereocenters. The van der Waals surface area contributed by atoms with Crippen LogP contribution in [0.15, 0.2) is 0 Å². The Morgan fingerprint density at radius 1 is 1.00 bits per heavy atom. The Labute approximate surface area is 100 Å². The van der Waals surface area contributed by atoms with Crippen molar-refractivity contribution in [2.24, 2.45) is 11.7 Å². The zero-order chi connectivity index (χ0) is 11.3. The van der Waals surface area contributed by atoms with Crippen molar-refractivity contribution in [3.05, 3.63) is 0 Å². The van der Waals surface area contributed by atoms with E-state index >= 15 is 0 Å². The molecule has 0 amide bonds. The van der Waals surface area contributed by atoms with Gasteiger partial charge in [-0.2, -0.15) is 0 Å². The van der Waals surface area contributed by atoms with Crippen LogP contribution in [0.2, 0.25) is 0 Å². The standard InChI is InChI=1S/C14H28N2/c15-14(8-2-1-3-9-14)10-12-16-11-7-13-5-4-6-13/h13,16H,1-12,15H2. The molecule has 2 aliphatic rings. The molecule has 0 heterocycles. The van der Waals surface area contributed by atoms with Gasteiger partial charge >= 0.3 is 0 Å². The van der Waals surface area contributed by atoms with E-state index in [0.29, 0.717) is 0 Å². The molecule has 0 radical (unpaired) electrons. The summed E-state index contributed by atoms with van der Waals surface area (Å²) in [6.45, 7) is 2.34. The smallest absolute Gasteiger partial charge is 0.0166 e. The lowest BCUT2D eigenvalue weighted by molar-refractivity contribution is 0.266. The van der Waals surface area contributed by atoms with Crippen LogP contribution in [0.5, 0.6) is 0 Å². The fraction of sp³-hybridized carbons (Fsp3) is 1.00. The van der Waals surface area contributed by atoms with Crippen molar-refractivity contribution in [2.45, 2.75) is 69.7 Å². The molecule has 2 nitrogen and oxygen atoms in total. The first-order valence-corrected chi connectivity index (χ1v) is 7.28. The van der Waals surface area contributed by atoms with Crippen LogP contribution in [-0.4, -0.2) is 18.6 Å². The summed E-state index contributed by atoms with van der Waals surface area (Å²) in [6, 6.07) is 0. The van der Waals surface area contributed by atoms with Gasteiger partial charge in [0, 0.05) is 5.54 Å². The fourth-order valence-electron chi connectivity index (χ4n) is 3.06. The van der Waals surface area contributed by atoms with Crippen molar-refractivity contribution < 1.29 is 0 Å². The van der Waals surface area contributed by atoms with Crippen molar-refractivity contribution >= 4 is 0 Å². The average molecular weight is 224 g/mol. The molecule has 16 heavy (non-hydrogen) atoms. The lowest BCUT2D eigenvalue weighted by atomic mass is 9.80. The monoisotopic (exact) mass is 224 g/mol. The SMILES string of the molecule is NC1(CCNCCC2CCC2)CCCCC1. The van der Waals surface area contributed by atoms with E-state index in [1.165, 1.54) is 70.8 Å². The van der Waals surface area contributed by atoms with Crippen molar-refractivity contribution in [1.29, 1.82) is 0 Å². The summed E-state index contributed by atoms with van der Waals surface area (Å²) < 4.78 is 0. The van der Waals surface area contributed by atoms with Gasteiger partial charge in [-0.3, -0.25) is 0 Å². The quantitative estimate of drug-likeness (QED) is 0.681. The summed E-state index contributed by atoms with van der Waals surface area (Å²) in [6.07, 6.45) is 13.6. The molecule has 0 aromatic rings. The molecule has 2 rings (SSSR count). The molecule has 0 spiro atoms. The van der Waals surface area contributed by atoms with E-state index in [9.17, 15) is 0 Å². The number of nitrogens with one attached hydrogen (secondary N) is 1. The third-order valence-electron chi connectivity index (χ3n) is 4.60. The van der Waals surface area contributed by atoms with Crippen molar-refractivity contribution in [2.75, 3.05) is 13.1 Å². The third-order valence-corrected chi connectivity index (χ3v) is 4.60. The zero-order valence-electron chi connectivity index (χ0n) is 10.6. The minimum Gasteiger partial charge on any atom is -0.325 e. The normalized spacial score (nSPS) is 25.3. The van der Waals surface area contributed by atoms with Crippen LogP contribution < -0.4 is 11.1 Å². The molecule has 0 saturated heterocycles. The molecular weight excluding hydrogens is 196 g/mol. The van der Waals surface area contributed by atoms with Gasteiger partial charge in [0.2, 0.25) is 0 Å². The maximum absolute atomic E-state index is 6.40. The van der Waals surface area contributed by atoms with Crippen LogP contribution in [0, 0.1) is 5.92 Å². The summed E-state index contributed by atoms with van der Waals surface area (Å²) in [5, 5.41) is 3.58. The Kier molecular flexibility index (Phi) is 4.66. The minimum atomic E-state index is 0.168. The van der Waals surface area contributed by atoms with Gasteiger partial charge in [0.25, 0.3) is 0 Å². The zero-order valence-corrected chi connectivity index (χ0v) is 10.6. The third kappa shape index (κ3) is 3.74. The molecule has 2 fully saturated rings. The van der Waals surface area contributed by atoms with Crippen molar-refractivity contribution in [3.63, 3.8) is 0 Å². The maximum atomic E-state index is 6.40. The van der Waals surface area contributed by atoms with E-state index in [2.05, 4.69) is 5.32 Å². The second kappa shape index (κ2) is 6.02. The van der Waals surface area contributed by atoms with Crippen LogP contribution in [0.4, 0.5) is 0 Å². The van der Waals surface area contributed by atoms with E-state index in [1.807, 2.05) is 0 Å². The van der Waals surface area contributed by atoms with Gasteiger partial charge in [-0.25, -0.2) is 0 Å². The number of hydrogen-bond donors (Lipinski definition) is 2. The Morgan fingerprint density at radius 2 is 1.75 bits per heavy atom. The van der Waals surface area contributed by atoms with Crippen LogP contribution in [0.25, 0.3) is 0 Å². The predicted octanol–water partition coefficient (Wildman–Crippen LogP) is 2.82. The first-order chi connectivity index (χ1) is 7.79. The predicted molar refractivity (Wildman–Crippen MR) is 69.4 cm³/mol. The van der Waals surface area contributed by atoms with Crippen LogP contribution in [-0.2, 0) is 0 Å². The van der Waals surface area contributed by atoms with Crippen molar-refractivity contribution in [3.8, 4) is 0 Å². The first-order valence-electron chi connectivity index (χ1n) is 7.28. The Bertz CT molecular complexity index is 193. The van der Waals surface area contributed by atoms with Crippen LogP contribution in [0.3, 0.4) is 0 Å². The Hall–Kier alpha value is -0.0800. The fourth-order valence-corrected chi connectivity index (χ4v) is 3.06. The molecule has 0 bridgehead atoms. The summed E-state index contributed by atoms with van der Waals surface area (Å²) in [5.41, 5.74) is 6.57. The summed E-state index contributed by atoms with van der Waals surface area (Å²) >= 11 is 0. The molecule has 94 valence electrons. The minimum absolute atomic E-state index is 0.168. The number of rotatable bonds is 6. The summed E-state index contributed by atoms with van der Waals surface area (Å²) in [4.78, 5) is 0. The van der Waals surface area contributed by atoms with Gasteiger partial charge in [0.15, 0.2) is 0 Å². The Morgan fingerprint density at radius 3 is 2.38 bits per heavy atom. The van der Waals surface area contributed by atoms with E-state index in [4.69, 9.17) is 5.73 Å². The number of hydrogen-bond acceptors (Lipinski definition) is 2. The highest BCUT2D eigenvalue weighted by molar-refractivity contribution is 4.87. The number of nitrogens with two attached hydrogens (primary N) is 1. The molecule has 0 aromatic heterocycles. The van der Waals surface area contributed by atoms with Crippen LogP contribution in [0.1, 0.15) is 64.2 Å². The van der Waals surface area contributed by atoms with Gasteiger partial charge < -0.3 is 11.1 Å². The maximum Gasteiger partial charge on any atom is 0.0166 e. The largest absolute Gasteiger partial charge is 0.325 e. The molecule has 2 heteroatoms.